The van der Waals surface area contributed by atoms with E-state index in [1.807, 2.05) is 0 Å². The summed E-state index contributed by atoms with van der Waals surface area (Å²) < 4.78 is 0. The molecular formula is C9H12ClN3. The summed E-state index contributed by atoms with van der Waals surface area (Å²) >= 11 is 5.86. The topological polar surface area (TPSA) is 37.8 Å². The number of rotatable bonds is 3. The lowest BCUT2D eigenvalue weighted by Gasteiger charge is -2.13. The fourth-order valence-corrected chi connectivity index (χ4v) is 1.51. The molecular weight excluding hydrogens is 186 g/mol. The molecule has 1 unspecified atom stereocenters. The van der Waals surface area contributed by atoms with Crippen LogP contribution in [0.5, 0.6) is 0 Å². The van der Waals surface area contributed by atoms with Crippen molar-refractivity contribution in [2.45, 2.75) is 25.8 Å². The molecule has 1 fully saturated rings. The van der Waals surface area contributed by atoms with Crippen molar-refractivity contribution in [3.05, 3.63) is 17.5 Å². The van der Waals surface area contributed by atoms with E-state index in [1.54, 1.807) is 12.4 Å². The fraction of sp³-hybridized carbons (Fsp3) is 0.556. The number of nitrogens with one attached hydrogen (secondary N) is 1. The van der Waals surface area contributed by atoms with Crippen molar-refractivity contribution in [1.82, 2.24) is 9.97 Å². The van der Waals surface area contributed by atoms with E-state index in [0.717, 1.165) is 5.92 Å². The number of halogens is 1. The number of nitrogens with zero attached hydrogens (tertiary/aromatic N) is 2. The van der Waals surface area contributed by atoms with Crippen molar-refractivity contribution in [3.8, 4) is 0 Å². The number of hydrogen-bond acceptors (Lipinski definition) is 3. The van der Waals surface area contributed by atoms with Gasteiger partial charge in [-0.25, -0.2) is 9.97 Å². The SMILES string of the molecule is CC(Nc1nccnc1Cl)C1CC1. The van der Waals surface area contributed by atoms with Gasteiger partial charge in [0.25, 0.3) is 0 Å². The Morgan fingerprint density at radius 3 is 2.77 bits per heavy atom. The zero-order chi connectivity index (χ0) is 9.26. The lowest BCUT2D eigenvalue weighted by molar-refractivity contribution is 0.690. The molecule has 1 aromatic heterocycles. The largest absolute Gasteiger partial charge is 0.365 e. The predicted molar refractivity (Wildman–Crippen MR) is 52.9 cm³/mol. The summed E-state index contributed by atoms with van der Waals surface area (Å²) in [4.78, 5) is 8.08. The van der Waals surface area contributed by atoms with Crippen LogP contribution in [0.1, 0.15) is 19.8 Å². The second-order valence-corrected chi connectivity index (χ2v) is 3.82. The molecule has 1 aliphatic carbocycles. The maximum absolute atomic E-state index is 5.86. The fourth-order valence-electron chi connectivity index (χ4n) is 1.35. The van der Waals surface area contributed by atoms with E-state index in [2.05, 4.69) is 22.2 Å². The molecule has 1 aliphatic rings. The van der Waals surface area contributed by atoms with Gasteiger partial charge in [0.2, 0.25) is 0 Å². The van der Waals surface area contributed by atoms with Gasteiger partial charge in [-0.1, -0.05) is 11.6 Å². The molecule has 2 rings (SSSR count). The van der Waals surface area contributed by atoms with Crippen molar-refractivity contribution in [2.24, 2.45) is 5.92 Å². The molecule has 1 saturated carbocycles. The highest BCUT2D eigenvalue weighted by Crippen LogP contribution is 2.34. The van der Waals surface area contributed by atoms with Crippen molar-refractivity contribution in [2.75, 3.05) is 5.32 Å². The molecule has 0 aliphatic heterocycles. The van der Waals surface area contributed by atoms with Gasteiger partial charge in [0.1, 0.15) is 0 Å². The monoisotopic (exact) mass is 197 g/mol. The highest BCUT2D eigenvalue weighted by atomic mass is 35.5. The third-order valence-electron chi connectivity index (χ3n) is 2.35. The van der Waals surface area contributed by atoms with E-state index in [1.165, 1.54) is 12.8 Å². The predicted octanol–water partition coefficient (Wildman–Crippen LogP) is 2.34. The van der Waals surface area contributed by atoms with E-state index in [4.69, 9.17) is 11.6 Å². The molecule has 4 heteroatoms. The van der Waals surface area contributed by atoms with Crippen LogP contribution in [-0.4, -0.2) is 16.0 Å². The Kier molecular flexibility index (Phi) is 2.36. The summed E-state index contributed by atoms with van der Waals surface area (Å²) in [5, 5.41) is 3.72. The van der Waals surface area contributed by atoms with Gasteiger partial charge in [0.05, 0.1) is 0 Å². The van der Waals surface area contributed by atoms with Crippen LogP contribution in [0.3, 0.4) is 0 Å². The van der Waals surface area contributed by atoms with E-state index in [0.29, 0.717) is 17.0 Å². The van der Waals surface area contributed by atoms with Gasteiger partial charge >= 0.3 is 0 Å². The molecule has 1 heterocycles. The standard InChI is InChI=1S/C9H12ClN3/c1-6(7-2-3-7)13-9-8(10)11-4-5-12-9/h4-7H,2-3H2,1H3,(H,12,13). The Bertz CT molecular complexity index is 299. The number of aromatic nitrogens is 2. The van der Waals surface area contributed by atoms with Crippen LogP contribution in [0.15, 0.2) is 12.4 Å². The highest BCUT2D eigenvalue weighted by molar-refractivity contribution is 6.31. The quantitative estimate of drug-likeness (QED) is 0.809. The second kappa shape index (κ2) is 3.50. The first kappa shape index (κ1) is 8.75. The average molecular weight is 198 g/mol. The molecule has 0 saturated heterocycles. The number of anilines is 1. The van der Waals surface area contributed by atoms with Gasteiger partial charge in [0, 0.05) is 18.4 Å². The molecule has 0 aromatic carbocycles. The normalized spacial score (nSPS) is 18.3. The number of hydrogen-bond donors (Lipinski definition) is 1. The Morgan fingerprint density at radius 2 is 2.15 bits per heavy atom. The minimum Gasteiger partial charge on any atom is -0.365 e. The van der Waals surface area contributed by atoms with Crippen LogP contribution >= 0.6 is 11.6 Å². The first-order valence-corrected chi connectivity index (χ1v) is 4.88. The second-order valence-electron chi connectivity index (χ2n) is 3.47. The van der Waals surface area contributed by atoms with E-state index in [9.17, 15) is 0 Å². The molecule has 0 amide bonds. The molecule has 1 N–H and O–H groups in total. The minimum absolute atomic E-state index is 0.453. The summed E-state index contributed by atoms with van der Waals surface area (Å²) in [6.07, 6.45) is 5.86. The maximum Gasteiger partial charge on any atom is 0.171 e. The minimum atomic E-state index is 0.453. The molecule has 1 atom stereocenters. The van der Waals surface area contributed by atoms with Gasteiger partial charge in [-0.2, -0.15) is 0 Å². The van der Waals surface area contributed by atoms with Gasteiger partial charge in [-0.3, -0.25) is 0 Å². The van der Waals surface area contributed by atoms with Gasteiger partial charge in [-0.15, -0.1) is 0 Å². The Hall–Kier alpha value is -0.830. The van der Waals surface area contributed by atoms with Crippen LogP contribution in [0.2, 0.25) is 5.15 Å². The first-order valence-electron chi connectivity index (χ1n) is 4.50. The maximum atomic E-state index is 5.86. The summed E-state index contributed by atoms with van der Waals surface area (Å²) in [6.45, 7) is 2.16. The van der Waals surface area contributed by atoms with Crippen molar-refractivity contribution >= 4 is 17.4 Å². The zero-order valence-corrected chi connectivity index (χ0v) is 8.25. The van der Waals surface area contributed by atoms with Crippen molar-refractivity contribution in [3.63, 3.8) is 0 Å². The van der Waals surface area contributed by atoms with Gasteiger partial charge < -0.3 is 5.32 Å². The molecule has 70 valence electrons. The average Bonchev–Trinajstić information content (AvgIpc) is 2.91. The summed E-state index contributed by atoms with van der Waals surface area (Å²) in [5.74, 6) is 1.49. The summed E-state index contributed by atoms with van der Waals surface area (Å²) in [7, 11) is 0. The highest BCUT2D eigenvalue weighted by Gasteiger charge is 2.28. The van der Waals surface area contributed by atoms with E-state index >= 15 is 0 Å². The van der Waals surface area contributed by atoms with Crippen LogP contribution in [0.25, 0.3) is 0 Å². The van der Waals surface area contributed by atoms with Crippen LogP contribution < -0.4 is 5.32 Å². The van der Waals surface area contributed by atoms with Crippen LogP contribution in [-0.2, 0) is 0 Å². The zero-order valence-electron chi connectivity index (χ0n) is 7.50. The summed E-state index contributed by atoms with van der Waals surface area (Å²) in [6, 6.07) is 0.453. The van der Waals surface area contributed by atoms with Crippen molar-refractivity contribution < 1.29 is 0 Å². The van der Waals surface area contributed by atoms with Gasteiger partial charge in [-0.05, 0) is 25.7 Å². The summed E-state index contributed by atoms with van der Waals surface area (Å²) in [5.41, 5.74) is 0. The van der Waals surface area contributed by atoms with Crippen LogP contribution in [0, 0.1) is 5.92 Å². The molecule has 13 heavy (non-hydrogen) atoms. The Labute approximate surface area is 82.5 Å². The lowest BCUT2D eigenvalue weighted by atomic mass is 10.2. The third kappa shape index (κ3) is 2.10. The first-order chi connectivity index (χ1) is 6.27. The molecule has 1 aromatic rings. The Morgan fingerprint density at radius 1 is 1.46 bits per heavy atom. The Balaban J connectivity index is 2.03. The van der Waals surface area contributed by atoms with Crippen molar-refractivity contribution in [1.29, 1.82) is 0 Å². The lowest BCUT2D eigenvalue weighted by Crippen LogP contribution is -2.18. The van der Waals surface area contributed by atoms with E-state index in [-0.39, 0.29) is 0 Å². The molecule has 0 bridgehead atoms. The van der Waals surface area contributed by atoms with Crippen LogP contribution in [0.4, 0.5) is 5.82 Å². The molecule has 0 spiro atoms. The van der Waals surface area contributed by atoms with E-state index < -0.39 is 0 Å². The molecule has 3 nitrogen and oxygen atoms in total. The smallest absolute Gasteiger partial charge is 0.171 e. The molecule has 0 radical (unpaired) electrons. The van der Waals surface area contributed by atoms with Gasteiger partial charge in [0.15, 0.2) is 11.0 Å². The third-order valence-corrected chi connectivity index (χ3v) is 2.62.